The number of hydrogen-bond donors (Lipinski definition) is 4. The summed E-state index contributed by atoms with van der Waals surface area (Å²) in [4.78, 5) is 28.4. The second-order valence-electron chi connectivity index (χ2n) is 7.19. The first-order valence-electron chi connectivity index (χ1n) is 9.86. The minimum Gasteiger partial charge on any atom is -0.489 e. The number of nitrogens with two attached hydrogens (primary N) is 2. The number of aromatic carboxylic acids is 1. The lowest BCUT2D eigenvalue weighted by atomic mass is 10.1. The van der Waals surface area contributed by atoms with Crippen LogP contribution in [0.15, 0.2) is 36.4 Å². The standard InChI is InChI=1S/C22H22N4O6/c1-11-18(22(28)29)20(24)19-13(25-11)3-2-4-15(19)32-10-17(23)26-21(27)12-5-6-14-16(9-12)31-8-7-30-14/h2-6,9,17H,7-8,10,23H2,1H3,(H2,24,25)(H,26,27)(H,28,29)/t17-/m1/s1. The van der Waals surface area contributed by atoms with E-state index in [2.05, 4.69) is 10.3 Å². The van der Waals surface area contributed by atoms with E-state index in [4.69, 9.17) is 25.7 Å². The van der Waals surface area contributed by atoms with E-state index in [1.807, 2.05) is 0 Å². The number of aromatic nitrogens is 1. The van der Waals surface area contributed by atoms with Gasteiger partial charge in [0.1, 0.15) is 37.3 Å². The van der Waals surface area contributed by atoms with Crippen LogP contribution < -0.4 is 31.0 Å². The molecule has 1 aliphatic heterocycles. The third-order valence-electron chi connectivity index (χ3n) is 4.95. The van der Waals surface area contributed by atoms with Crippen molar-refractivity contribution in [3.8, 4) is 17.2 Å². The Morgan fingerprint density at radius 1 is 1.22 bits per heavy atom. The fraction of sp³-hybridized carbons (Fsp3) is 0.227. The van der Waals surface area contributed by atoms with Gasteiger partial charge in [-0.15, -0.1) is 0 Å². The van der Waals surface area contributed by atoms with Crippen molar-refractivity contribution in [2.24, 2.45) is 5.73 Å². The van der Waals surface area contributed by atoms with Crippen molar-refractivity contribution in [3.63, 3.8) is 0 Å². The molecule has 0 saturated heterocycles. The second kappa shape index (κ2) is 8.60. The minimum atomic E-state index is -1.17. The molecule has 1 amide bonds. The molecule has 166 valence electrons. The lowest BCUT2D eigenvalue weighted by Gasteiger charge is -2.20. The van der Waals surface area contributed by atoms with Crippen molar-refractivity contribution in [1.82, 2.24) is 10.3 Å². The molecule has 0 bridgehead atoms. The first-order chi connectivity index (χ1) is 15.3. The molecule has 1 aromatic heterocycles. The smallest absolute Gasteiger partial charge is 0.339 e. The van der Waals surface area contributed by atoms with Crippen molar-refractivity contribution in [2.45, 2.75) is 13.1 Å². The Morgan fingerprint density at radius 2 is 1.97 bits per heavy atom. The van der Waals surface area contributed by atoms with Crippen LogP contribution in [0.1, 0.15) is 26.4 Å². The maximum absolute atomic E-state index is 12.5. The maximum atomic E-state index is 12.5. The summed E-state index contributed by atoms with van der Waals surface area (Å²) >= 11 is 0. The monoisotopic (exact) mass is 438 g/mol. The molecule has 2 heterocycles. The minimum absolute atomic E-state index is 0.0597. The number of anilines is 1. The van der Waals surface area contributed by atoms with Gasteiger partial charge in [-0.05, 0) is 37.3 Å². The number of nitrogens with zero attached hydrogens (tertiary/aromatic N) is 1. The molecule has 10 nitrogen and oxygen atoms in total. The SMILES string of the molecule is Cc1nc2cccc(OC[C@H](N)NC(=O)c3ccc4c(c3)OCCO4)c2c(N)c1C(=O)O. The van der Waals surface area contributed by atoms with E-state index in [1.54, 1.807) is 43.3 Å². The summed E-state index contributed by atoms with van der Waals surface area (Å²) in [6.45, 7) is 2.38. The number of pyridine rings is 1. The molecule has 3 aromatic rings. The summed E-state index contributed by atoms with van der Waals surface area (Å²) in [6, 6.07) is 9.92. The number of ether oxygens (including phenoxy) is 3. The predicted octanol–water partition coefficient (Wildman–Crippen LogP) is 1.69. The van der Waals surface area contributed by atoms with Gasteiger partial charge in [0.15, 0.2) is 11.5 Å². The molecule has 0 spiro atoms. The van der Waals surface area contributed by atoms with E-state index in [-0.39, 0.29) is 17.9 Å². The van der Waals surface area contributed by atoms with Gasteiger partial charge in [-0.3, -0.25) is 9.78 Å². The Morgan fingerprint density at radius 3 is 2.72 bits per heavy atom. The fourth-order valence-electron chi connectivity index (χ4n) is 3.49. The van der Waals surface area contributed by atoms with E-state index in [0.717, 1.165) is 0 Å². The Balaban J connectivity index is 1.48. The molecule has 10 heteroatoms. The van der Waals surface area contributed by atoms with Crippen LogP contribution in [-0.2, 0) is 0 Å². The zero-order valence-corrected chi connectivity index (χ0v) is 17.3. The topological polar surface area (TPSA) is 159 Å². The highest BCUT2D eigenvalue weighted by molar-refractivity contribution is 6.06. The highest BCUT2D eigenvalue weighted by Gasteiger charge is 2.20. The average molecular weight is 438 g/mol. The van der Waals surface area contributed by atoms with Gasteiger partial charge < -0.3 is 36.1 Å². The third kappa shape index (κ3) is 4.08. The van der Waals surface area contributed by atoms with Crippen LogP contribution in [0.4, 0.5) is 5.69 Å². The molecule has 0 saturated carbocycles. The Hall–Kier alpha value is -4.05. The lowest BCUT2D eigenvalue weighted by Crippen LogP contribution is -2.45. The summed E-state index contributed by atoms with van der Waals surface area (Å²) in [5, 5.41) is 12.5. The first kappa shape index (κ1) is 21.2. The van der Waals surface area contributed by atoms with Crippen molar-refractivity contribution in [2.75, 3.05) is 25.6 Å². The van der Waals surface area contributed by atoms with Crippen LogP contribution in [0.25, 0.3) is 10.9 Å². The quantitative estimate of drug-likeness (QED) is 0.420. The van der Waals surface area contributed by atoms with E-state index in [0.29, 0.717) is 52.6 Å². The Labute approximate surface area is 183 Å². The number of carbonyl (C=O) groups is 2. The normalized spacial score (nSPS) is 13.4. The molecule has 0 aliphatic carbocycles. The van der Waals surface area contributed by atoms with E-state index in [9.17, 15) is 14.7 Å². The number of amides is 1. The number of hydrogen-bond acceptors (Lipinski definition) is 8. The zero-order chi connectivity index (χ0) is 22.8. The highest BCUT2D eigenvalue weighted by Crippen LogP contribution is 2.33. The molecular formula is C22H22N4O6. The Kier molecular flexibility index (Phi) is 5.69. The van der Waals surface area contributed by atoms with Crippen molar-refractivity contribution < 1.29 is 28.9 Å². The molecule has 1 atom stereocenters. The Bertz CT molecular complexity index is 1210. The van der Waals surface area contributed by atoms with Gasteiger partial charge in [0.05, 0.1) is 22.3 Å². The first-order valence-corrected chi connectivity index (χ1v) is 9.86. The van der Waals surface area contributed by atoms with Crippen LogP contribution >= 0.6 is 0 Å². The van der Waals surface area contributed by atoms with E-state index in [1.165, 1.54) is 0 Å². The molecule has 0 radical (unpaired) electrons. The zero-order valence-electron chi connectivity index (χ0n) is 17.3. The van der Waals surface area contributed by atoms with Crippen molar-refractivity contribution in [1.29, 1.82) is 0 Å². The molecule has 4 rings (SSSR count). The average Bonchev–Trinajstić information content (AvgIpc) is 2.76. The number of nitrogen functional groups attached to an aromatic ring is 1. The number of aryl methyl sites for hydroxylation is 1. The van der Waals surface area contributed by atoms with Crippen molar-refractivity contribution in [3.05, 3.63) is 53.2 Å². The maximum Gasteiger partial charge on any atom is 0.339 e. The van der Waals surface area contributed by atoms with Gasteiger partial charge in [-0.2, -0.15) is 0 Å². The summed E-state index contributed by atoms with van der Waals surface area (Å²) in [5.41, 5.74) is 13.3. The largest absolute Gasteiger partial charge is 0.489 e. The fourth-order valence-corrected chi connectivity index (χ4v) is 3.49. The molecule has 32 heavy (non-hydrogen) atoms. The summed E-state index contributed by atoms with van der Waals surface area (Å²) < 4.78 is 16.7. The number of fused-ring (bicyclic) bond motifs is 2. The number of carbonyl (C=O) groups excluding carboxylic acids is 1. The predicted molar refractivity (Wildman–Crippen MR) is 116 cm³/mol. The van der Waals surface area contributed by atoms with Crippen LogP contribution in [0.3, 0.4) is 0 Å². The molecule has 2 aromatic carbocycles. The van der Waals surface area contributed by atoms with Crippen LogP contribution in [0, 0.1) is 6.92 Å². The molecular weight excluding hydrogens is 416 g/mol. The van der Waals surface area contributed by atoms with Crippen LogP contribution in [0.5, 0.6) is 17.2 Å². The third-order valence-corrected chi connectivity index (χ3v) is 4.95. The van der Waals surface area contributed by atoms with Gasteiger partial charge in [0, 0.05) is 5.56 Å². The molecule has 6 N–H and O–H groups in total. The number of carboxylic acid groups (broad SMARTS) is 1. The second-order valence-corrected chi connectivity index (χ2v) is 7.19. The number of carboxylic acids is 1. The number of nitrogens with one attached hydrogen (secondary N) is 1. The van der Waals surface area contributed by atoms with Crippen LogP contribution in [-0.4, -0.2) is 48.0 Å². The van der Waals surface area contributed by atoms with Gasteiger partial charge in [-0.1, -0.05) is 6.07 Å². The number of benzene rings is 2. The summed E-state index contributed by atoms with van der Waals surface area (Å²) in [6.07, 6.45) is -0.843. The molecule has 1 aliphatic rings. The van der Waals surface area contributed by atoms with Gasteiger partial charge in [0.2, 0.25) is 0 Å². The van der Waals surface area contributed by atoms with Crippen molar-refractivity contribution >= 4 is 28.5 Å². The van der Waals surface area contributed by atoms with Gasteiger partial charge in [-0.25, -0.2) is 4.79 Å². The van der Waals surface area contributed by atoms with E-state index >= 15 is 0 Å². The van der Waals surface area contributed by atoms with E-state index < -0.39 is 18.0 Å². The van der Waals surface area contributed by atoms with Gasteiger partial charge >= 0.3 is 5.97 Å². The molecule has 0 fully saturated rings. The van der Waals surface area contributed by atoms with Crippen LogP contribution in [0.2, 0.25) is 0 Å². The molecule has 0 unspecified atom stereocenters. The summed E-state index contributed by atoms with van der Waals surface area (Å²) in [7, 11) is 0. The summed E-state index contributed by atoms with van der Waals surface area (Å²) in [5.74, 6) is -0.178. The number of rotatable bonds is 6. The lowest BCUT2D eigenvalue weighted by molar-refractivity contribution is 0.0696. The van der Waals surface area contributed by atoms with Gasteiger partial charge in [0.25, 0.3) is 5.91 Å². The highest BCUT2D eigenvalue weighted by atomic mass is 16.6.